The van der Waals surface area contributed by atoms with Crippen molar-refractivity contribution < 1.29 is 18.7 Å². The van der Waals surface area contributed by atoms with Gasteiger partial charge in [0.2, 0.25) is 5.91 Å². The lowest BCUT2D eigenvalue weighted by Gasteiger charge is -2.08. The van der Waals surface area contributed by atoms with E-state index in [2.05, 4.69) is 15.6 Å². The van der Waals surface area contributed by atoms with Gasteiger partial charge in [0.05, 0.1) is 6.61 Å². The third-order valence-corrected chi connectivity index (χ3v) is 2.57. The fourth-order valence-electron chi connectivity index (χ4n) is 1.69. The Hall–Kier alpha value is -2.05. The predicted molar refractivity (Wildman–Crippen MR) is 62.1 cm³/mol. The molecule has 1 aromatic heterocycles. The van der Waals surface area contributed by atoms with E-state index in [1.54, 1.807) is 6.92 Å². The molecule has 0 bridgehead atoms. The molecule has 0 saturated carbocycles. The third kappa shape index (κ3) is 2.99. The summed E-state index contributed by atoms with van der Waals surface area (Å²) >= 11 is 0. The smallest absolute Gasteiger partial charge is 0.360 e. The summed E-state index contributed by atoms with van der Waals surface area (Å²) < 4.78 is 9.87. The second-order valence-electron chi connectivity index (χ2n) is 3.94. The Labute approximate surface area is 104 Å². The predicted octanol–water partition coefficient (Wildman–Crippen LogP) is 0.542. The Morgan fingerprint density at radius 1 is 1.72 bits per heavy atom. The molecule has 98 valence electrons. The minimum atomic E-state index is -0.511. The van der Waals surface area contributed by atoms with Crippen molar-refractivity contribution in [3.05, 3.63) is 12.0 Å². The quantitative estimate of drug-likeness (QED) is 0.744. The van der Waals surface area contributed by atoms with E-state index in [1.807, 2.05) is 0 Å². The molecule has 7 heteroatoms. The molecule has 0 radical (unpaired) electrons. The van der Waals surface area contributed by atoms with Crippen molar-refractivity contribution in [3.8, 4) is 0 Å². The average molecular weight is 253 g/mol. The van der Waals surface area contributed by atoms with Gasteiger partial charge in [0.1, 0.15) is 6.26 Å². The van der Waals surface area contributed by atoms with Crippen molar-refractivity contribution in [3.63, 3.8) is 0 Å². The number of esters is 1. The molecule has 1 saturated heterocycles. The fraction of sp³-hybridized carbons (Fsp3) is 0.545. The van der Waals surface area contributed by atoms with Gasteiger partial charge in [-0.25, -0.2) is 4.79 Å². The number of nitrogens with zero attached hydrogens (tertiary/aromatic N) is 1. The SMILES string of the molecule is CCOC(=O)c1coc(NCC2CCC(=O)N2)n1. The highest BCUT2D eigenvalue weighted by atomic mass is 16.5. The first kappa shape index (κ1) is 12.4. The third-order valence-electron chi connectivity index (χ3n) is 2.57. The molecule has 1 amide bonds. The average Bonchev–Trinajstić information content (AvgIpc) is 2.95. The molecule has 18 heavy (non-hydrogen) atoms. The van der Waals surface area contributed by atoms with Gasteiger partial charge in [-0.05, 0) is 13.3 Å². The summed E-state index contributed by atoms with van der Waals surface area (Å²) in [7, 11) is 0. The monoisotopic (exact) mass is 253 g/mol. The highest BCUT2D eigenvalue weighted by Gasteiger charge is 2.21. The lowest BCUT2D eigenvalue weighted by molar-refractivity contribution is -0.119. The molecule has 1 aliphatic rings. The summed E-state index contributed by atoms with van der Waals surface area (Å²) in [5.41, 5.74) is 0.134. The van der Waals surface area contributed by atoms with Gasteiger partial charge in [0.15, 0.2) is 5.69 Å². The van der Waals surface area contributed by atoms with Crippen LogP contribution in [0.1, 0.15) is 30.3 Å². The molecule has 2 N–H and O–H groups in total. The Balaban J connectivity index is 1.83. The van der Waals surface area contributed by atoms with Crippen LogP contribution < -0.4 is 10.6 Å². The van der Waals surface area contributed by atoms with Crippen LogP contribution in [0.25, 0.3) is 0 Å². The van der Waals surface area contributed by atoms with Crippen LogP contribution in [0.4, 0.5) is 6.01 Å². The minimum absolute atomic E-state index is 0.0569. The van der Waals surface area contributed by atoms with Crippen LogP contribution in [-0.2, 0) is 9.53 Å². The molecule has 2 rings (SSSR count). The molecule has 0 aromatic carbocycles. The molecule has 1 fully saturated rings. The number of hydrogen-bond donors (Lipinski definition) is 2. The van der Waals surface area contributed by atoms with Crippen molar-refractivity contribution in [2.75, 3.05) is 18.5 Å². The molecule has 1 unspecified atom stereocenters. The van der Waals surface area contributed by atoms with Gasteiger partial charge in [0.25, 0.3) is 6.01 Å². The van der Waals surface area contributed by atoms with Crippen LogP contribution in [0.3, 0.4) is 0 Å². The number of carbonyl (C=O) groups is 2. The number of oxazole rings is 1. The van der Waals surface area contributed by atoms with Crippen molar-refractivity contribution in [1.29, 1.82) is 0 Å². The first-order chi connectivity index (χ1) is 8.69. The first-order valence-electron chi connectivity index (χ1n) is 5.85. The van der Waals surface area contributed by atoms with Gasteiger partial charge in [-0.15, -0.1) is 0 Å². The number of nitrogens with one attached hydrogen (secondary N) is 2. The lowest BCUT2D eigenvalue weighted by Crippen LogP contribution is -2.31. The van der Waals surface area contributed by atoms with Crippen molar-refractivity contribution in [1.82, 2.24) is 10.3 Å². The van der Waals surface area contributed by atoms with E-state index in [-0.39, 0.29) is 23.7 Å². The first-order valence-corrected chi connectivity index (χ1v) is 5.85. The summed E-state index contributed by atoms with van der Waals surface area (Å²) in [5.74, 6) is -0.454. The second kappa shape index (κ2) is 5.52. The number of ether oxygens (including phenoxy) is 1. The minimum Gasteiger partial charge on any atom is -0.461 e. The summed E-state index contributed by atoms with van der Waals surface area (Å²) in [6.07, 6.45) is 2.58. The highest BCUT2D eigenvalue weighted by molar-refractivity contribution is 5.87. The van der Waals surface area contributed by atoms with E-state index in [1.165, 1.54) is 6.26 Å². The maximum atomic E-state index is 11.3. The molecule has 7 nitrogen and oxygen atoms in total. The van der Waals surface area contributed by atoms with Crippen LogP contribution >= 0.6 is 0 Å². The van der Waals surface area contributed by atoms with Crippen LogP contribution in [0.5, 0.6) is 0 Å². The zero-order chi connectivity index (χ0) is 13.0. The van der Waals surface area contributed by atoms with Gasteiger partial charge in [-0.1, -0.05) is 0 Å². The van der Waals surface area contributed by atoms with E-state index in [0.29, 0.717) is 19.6 Å². The Morgan fingerprint density at radius 2 is 2.56 bits per heavy atom. The molecule has 2 heterocycles. The van der Waals surface area contributed by atoms with Crippen molar-refractivity contribution in [2.24, 2.45) is 0 Å². The molecular formula is C11H15N3O4. The van der Waals surface area contributed by atoms with Crippen LogP contribution in [0.2, 0.25) is 0 Å². The summed E-state index contributed by atoms with van der Waals surface area (Å²) in [6.45, 7) is 2.54. The van der Waals surface area contributed by atoms with Gasteiger partial charge >= 0.3 is 5.97 Å². The van der Waals surface area contributed by atoms with E-state index in [9.17, 15) is 9.59 Å². The van der Waals surface area contributed by atoms with Crippen LogP contribution in [0, 0.1) is 0 Å². The van der Waals surface area contributed by atoms with Gasteiger partial charge in [-0.2, -0.15) is 4.98 Å². The molecule has 0 aliphatic carbocycles. The fourth-order valence-corrected chi connectivity index (χ4v) is 1.69. The highest BCUT2D eigenvalue weighted by Crippen LogP contribution is 2.11. The topological polar surface area (TPSA) is 93.5 Å². The molecule has 1 atom stereocenters. The number of amides is 1. The lowest BCUT2D eigenvalue weighted by atomic mass is 10.2. The number of anilines is 1. The Kier molecular flexibility index (Phi) is 3.81. The van der Waals surface area contributed by atoms with Crippen LogP contribution in [0.15, 0.2) is 10.7 Å². The maximum Gasteiger partial charge on any atom is 0.360 e. The summed E-state index contributed by atoms with van der Waals surface area (Å²) in [6, 6.07) is 0.328. The zero-order valence-electron chi connectivity index (χ0n) is 10.1. The van der Waals surface area contributed by atoms with Crippen molar-refractivity contribution in [2.45, 2.75) is 25.8 Å². The molecule has 1 aromatic rings. The molecule has 0 spiro atoms. The van der Waals surface area contributed by atoms with Gasteiger partial charge in [-0.3, -0.25) is 4.79 Å². The van der Waals surface area contributed by atoms with Gasteiger partial charge in [0, 0.05) is 19.0 Å². The van der Waals surface area contributed by atoms with E-state index < -0.39 is 5.97 Å². The van der Waals surface area contributed by atoms with E-state index >= 15 is 0 Å². The molecule has 1 aliphatic heterocycles. The largest absolute Gasteiger partial charge is 0.461 e. The Bertz CT molecular complexity index is 443. The number of hydrogen-bond acceptors (Lipinski definition) is 6. The summed E-state index contributed by atoms with van der Waals surface area (Å²) in [5, 5.41) is 5.74. The normalized spacial score (nSPS) is 18.5. The van der Waals surface area contributed by atoms with Crippen molar-refractivity contribution >= 4 is 17.9 Å². The van der Waals surface area contributed by atoms with E-state index in [0.717, 1.165) is 6.42 Å². The number of rotatable bonds is 5. The maximum absolute atomic E-state index is 11.3. The number of carbonyl (C=O) groups excluding carboxylic acids is 2. The van der Waals surface area contributed by atoms with Gasteiger partial charge < -0.3 is 19.8 Å². The number of aromatic nitrogens is 1. The summed E-state index contributed by atoms with van der Waals surface area (Å²) in [4.78, 5) is 26.3. The standard InChI is InChI=1S/C11H15N3O4/c1-2-17-10(16)8-6-18-11(14-8)12-5-7-3-4-9(15)13-7/h6-7H,2-5H2,1H3,(H,12,14)(H,13,15). The molecular weight excluding hydrogens is 238 g/mol. The Morgan fingerprint density at radius 3 is 3.22 bits per heavy atom. The zero-order valence-corrected chi connectivity index (χ0v) is 10.1. The van der Waals surface area contributed by atoms with E-state index in [4.69, 9.17) is 9.15 Å². The van der Waals surface area contributed by atoms with Crippen LogP contribution in [-0.4, -0.2) is 36.1 Å². The second-order valence-corrected chi connectivity index (χ2v) is 3.94.